The summed E-state index contributed by atoms with van der Waals surface area (Å²) < 4.78 is 3.70. The average Bonchev–Trinajstić information content (AvgIpc) is 3.29. The topological polar surface area (TPSA) is 7.12 Å². The Balaban J connectivity index is 1.39. The number of hydrogen-bond donors (Lipinski definition) is 0. The third-order valence-corrected chi connectivity index (χ3v) is 7.62. The highest BCUT2D eigenvalue weighted by Crippen LogP contribution is 2.41. The van der Waals surface area contributed by atoms with E-state index in [0.29, 0.717) is 11.3 Å². The fourth-order valence-electron chi connectivity index (χ4n) is 3.79. The maximum atomic E-state index is 2.48. The van der Waals surface area contributed by atoms with Gasteiger partial charge in [-0.2, -0.15) is 4.57 Å². The molecule has 0 N–H and O–H groups in total. The van der Waals surface area contributed by atoms with Crippen LogP contribution in [-0.2, 0) is 6.54 Å². The molecule has 0 amide bonds. The van der Waals surface area contributed by atoms with Gasteiger partial charge in [-0.3, -0.25) is 0 Å². The normalized spacial score (nSPS) is 23.0. The summed E-state index contributed by atoms with van der Waals surface area (Å²) >= 11 is 3.80. The maximum Gasteiger partial charge on any atom is 0.262 e. The van der Waals surface area contributed by atoms with Gasteiger partial charge >= 0.3 is 0 Å². The molecule has 0 saturated carbocycles. The fourth-order valence-corrected chi connectivity index (χ4v) is 6.30. The lowest BCUT2D eigenvalue weighted by Gasteiger charge is -2.25. The van der Waals surface area contributed by atoms with Crippen LogP contribution >= 0.6 is 23.1 Å². The number of nitrogens with zero attached hydrogens (tertiary/aromatic N) is 2. The Bertz CT molecular complexity index is 1040. The largest absolute Gasteiger partial charge is 0.359 e. The van der Waals surface area contributed by atoms with Gasteiger partial charge in [0.2, 0.25) is 5.52 Å². The minimum atomic E-state index is 0.500. The van der Waals surface area contributed by atoms with Crippen LogP contribution in [0.25, 0.3) is 16.3 Å². The monoisotopic (exact) mass is 419 g/mol. The Morgan fingerprint density at radius 2 is 1.79 bits per heavy atom. The number of likely N-dealkylation sites (N-methyl/N-ethyl adjacent to an activating group) is 1. The summed E-state index contributed by atoms with van der Waals surface area (Å²) in [5, 5.41) is 3.19. The van der Waals surface area contributed by atoms with E-state index in [9.17, 15) is 0 Å². The number of allylic oxidation sites excluding steroid dienone is 8. The van der Waals surface area contributed by atoms with Crippen molar-refractivity contribution in [2.45, 2.75) is 31.7 Å². The standard InChI is InChI=1S/C25H27N2S2/c1-3-26-20-14-10-12-16-22(20)28-24(26)18-8-6-5-7-9-19-25-27(4-2)21-15-11-13-17-23(21)29-25/h5-20,22H,3-4H2,1-2H3/q+1. The third-order valence-electron chi connectivity index (χ3n) is 5.17. The number of fused-ring (bicyclic) bond motifs is 2. The molecule has 1 fully saturated rings. The summed E-state index contributed by atoms with van der Waals surface area (Å²) in [5.74, 6) is 0. The summed E-state index contributed by atoms with van der Waals surface area (Å²) in [6.07, 6.45) is 24.0. The molecule has 2 heterocycles. The Morgan fingerprint density at radius 3 is 2.66 bits per heavy atom. The Hall–Kier alpha value is -2.30. The summed E-state index contributed by atoms with van der Waals surface area (Å²) in [6.45, 7) is 6.45. The molecule has 0 radical (unpaired) electrons. The molecule has 1 aliphatic carbocycles. The average molecular weight is 420 g/mol. The number of aryl methyl sites for hydroxylation is 1. The highest BCUT2D eigenvalue weighted by molar-refractivity contribution is 8.04. The van der Waals surface area contributed by atoms with Crippen LogP contribution < -0.4 is 4.57 Å². The lowest BCUT2D eigenvalue weighted by Crippen LogP contribution is -2.33. The van der Waals surface area contributed by atoms with Gasteiger partial charge in [-0.15, -0.1) is 0 Å². The van der Waals surface area contributed by atoms with Crippen molar-refractivity contribution in [1.82, 2.24) is 4.90 Å². The first-order valence-corrected chi connectivity index (χ1v) is 11.9. The number of thiazole rings is 1. The Morgan fingerprint density at radius 1 is 1.00 bits per heavy atom. The van der Waals surface area contributed by atoms with Crippen molar-refractivity contribution < 1.29 is 4.57 Å². The quantitative estimate of drug-likeness (QED) is 0.412. The molecule has 0 bridgehead atoms. The second kappa shape index (κ2) is 9.47. The van der Waals surface area contributed by atoms with Gasteiger partial charge in [0.15, 0.2) is 0 Å². The SMILES string of the molecule is CCN1/C(=C/C=C/C=C/C=C/c2sc3ccccc3[n+]2CC)SC2C=CC=CC21. The van der Waals surface area contributed by atoms with Crippen LogP contribution in [0.3, 0.4) is 0 Å². The molecular formula is C25H27N2S2+. The van der Waals surface area contributed by atoms with Crippen LogP contribution in [0.2, 0.25) is 0 Å². The van der Waals surface area contributed by atoms with E-state index in [1.807, 2.05) is 23.1 Å². The summed E-state index contributed by atoms with van der Waals surface area (Å²) in [4.78, 5) is 2.48. The van der Waals surface area contributed by atoms with Crippen LogP contribution in [0.5, 0.6) is 0 Å². The lowest BCUT2D eigenvalue weighted by molar-refractivity contribution is -0.665. The van der Waals surface area contributed by atoms with E-state index in [1.165, 1.54) is 20.3 Å². The zero-order valence-corrected chi connectivity index (χ0v) is 18.6. The number of rotatable bonds is 6. The first-order chi connectivity index (χ1) is 14.3. The number of thioether (sulfide) groups is 1. The van der Waals surface area contributed by atoms with E-state index >= 15 is 0 Å². The first kappa shape index (κ1) is 20.0. The van der Waals surface area contributed by atoms with Crippen molar-refractivity contribution in [1.29, 1.82) is 0 Å². The van der Waals surface area contributed by atoms with Gasteiger partial charge < -0.3 is 4.90 Å². The maximum absolute atomic E-state index is 2.48. The molecule has 1 aromatic carbocycles. The molecule has 1 aliphatic heterocycles. The lowest BCUT2D eigenvalue weighted by atomic mass is 10.1. The van der Waals surface area contributed by atoms with Crippen molar-refractivity contribution in [2.24, 2.45) is 0 Å². The number of benzene rings is 1. The zero-order chi connectivity index (χ0) is 20.1. The molecule has 2 nitrogen and oxygen atoms in total. The van der Waals surface area contributed by atoms with Crippen molar-refractivity contribution in [3.63, 3.8) is 0 Å². The molecule has 4 rings (SSSR count). The molecule has 2 aliphatic rings. The van der Waals surface area contributed by atoms with Crippen molar-refractivity contribution in [3.8, 4) is 0 Å². The third kappa shape index (κ3) is 4.34. The van der Waals surface area contributed by atoms with E-state index in [4.69, 9.17) is 0 Å². The Kier molecular flexibility index (Phi) is 6.53. The van der Waals surface area contributed by atoms with Gasteiger partial charge in [0.05, 0.1) is 16.3 Å². The minimum absolute atomic E-state index is 0.500. The predicted molar refractivity (Wildman–Crippen MR) is 129 cm³/mol. The molecule has 148 valence electrons. The summed E-state index contributed by atoms with van der Waals surface area (Å²) in [6, 6.07) is 9.10. The van der Waals surface area contributed by atoms with Crippen LogP contribution in [0.1, 0.15) is 18.9 Å². The number of hydrogen-bond acceptors (Lipinski definition) is 3. The molecule has 2 atom stereocenters. The molecule has 2 aromatic rings. The molecular weight excluding hydrogens is 392 g/mol. The zero-order valence-electron chi connectivity index (χ0n) is 16.9. The molecule has 2 unspecified atom stereocenters. The highest BCUT2D eigenvalue weighted by Gasteiger charge is 2.34. The molecule has 1 aromatic heterocycles. The number of aromatic nitrogens is 1. The van der Waals surface area contributed by atoms with Crippen molar-refractivity contribution >= 4 is 39.4 Å². The smallest absolute Gasteiger partial charge is 0.262 e. The fraction of sp³-hybridized carbons (Fsp3) is 0.240. The van der Waals surface area contributed by atoms with Gasteiger partial charge in [0.25, 0.3) is 5.01 Å². The Labute approximate surface area is 181 Å². The van der Waals surface area contributed by atoms with Crippen LogP contribution in [0, 0.1) is 0 Å². The van der Waals surface area contributed by atoms with E-state index in [2.05, 4.69) is 114 Å². The van der Waals surface area contributed by atoms with Gasteiger partial charge in [-0.25, -0.2) is 0 Å². The van der Waals surface area contributed by atoms with Crippen molar-refractivity contribution in [2.75, 3.05) is 6.54 Å². The van der Waals surface area contributed by atoms with Crippen LogP contribution in [0.15, 0.2) is 90.1 Å². The number of para-hydroxylation sites is 1. The summed E-state index contributed by atoms with van der Waals surface area (Å²) in [5.41, 5.74) is 1.31. The van der Waals surface area contributed by atoms with Gasteiger partial charge in [-0.1, -0.05) is 89.9 Å². The minimum Gasteiger partial charge on any atom is -0.359 e. The van der Waals surface area contributed by atoms with Gasteiger partial charge in [0.1, 0.15) is 11.2 Å². The van der Waals surface area contributed by atoms with Crippen molar-refractivity contribution in [3.05, 3.63) is 95.1 Å². The second-order valence-corrected chi connectivity index (χ2v) is 9.18. The van der Waals surface area contributed by atoms with E-state index in [1.54, 1.807) is 0 Å². The van der Waals surface area contributed by atoms with E-state index < -0.39 is 0 Å². The second-order valence-electron chi connectivity index (χ2n) is 6.91. The first-order valence-electron chi connectivity index (χ1n) is 10.2. The van der Waals surface area contributed by atoms with E-state index in [0.717, 1.165) is 13.1 Å². The molecule has 0 spiro atoms. The van der Waals surface area contributed by atoms with E-state index in [-0.39, 0.29) is 0 Å². The molecule has 1 saturated heterocycles. The van der Waals surface area contributed by atoms with Crippen LogP contribution in [-0.4, -0.2) is 22.7 Å². The van der Waals surface area contributed by atoms with Gasteiger partial charge in [0, 0.05) is 18.7 Å². The van der Waals surface area contributed by atoms with Crippen LogP contribution in [0.4, 0.5) is 0 Å². The molecule has 4 heteroatoms. The predicted octanol–water partition coefficient (Wildman–Crippen LogP) is 6.11. The molecule has 29 heavy (non-hydrogen) atoms. The summed E-state index contributed by atoms with van der Waals surface area (Å²) in [7, 11) is 0. The highest BCUT2D eigenvalue weighted by atomic mass is 32.2. The van der Waals surface area contributed by atoms with Gasteiger partial charge in [-0.05, 0) is 26.0 Å².